The second kappa shape index (κ2) is 8.74. The first kappa shape index (κ1) is 17.6. The molecule has 0 saturated heterocycles. The summed E-state index contributed by atoms with van der Waals surface area (Å²) in [4.78, 5) is 22.2. The lowest BCUT2D eigenvalue weighted by Gasteiger charge is -2.08. The lowest BCUT2D eigenvalue weighted by Crippen LogP contribution is -2.25. The van der Waals surface area contributed by atoms with Gasteiger partial charge in [0.05, 0.1) is 9.40 Å². The van der Waals surface area contributed by atoms with Crippen LogP contribution in [0.2, 0.25) is 0 Å². The Kier molecular flexibility index (Phi) is 7.31. The Hall–Kier alpha value is -1.47. The summed E-state index contributed by atoms with van der Waals surface area (Å²) in [6, 6.07) is 4.30. The van der Waals surface area contributed by atoms with E-state index in [1.807, 2.05) is 0 Å². The van der Waals surface area contributed by atoms with Gasteiger partial charge in [-0.3, -0.25) is 14.9 Å². The maximum atomic E-state index is 11.9. The van der Waals surface area contributed by atoms with Crippen molar-refractivity contribution < 1.29 is 14.5 Å². The minimum Gasteiger partial charge on any atom is -0.381 e. The summed E-state index contributed by atoms with van der Waals surface area (Å²) >= 11 is 3.08. The van der Waals surface area contributed by atoms with Crippen molar-refractivity contribution in [2.24, 2.45) is 5.92 Å². The number of benzene rings is 1. The van der Waals surface area contributed by atoms with Gasteiger partial charge in [0, 0.05) is 31.4 Å². The molecule has 0 aliphatic heterocycles. The van der Waals surface area contributed by atoms with Crippen molar-refractivity contribution in [3.63, 3.8) is 0 Å². The van der Waals surface area contributed by atoms with Crippen LogP contribution in [0.25, 0.3) is 0 Å². The van der Waals surface area contributed by atoms with Gasteiger partial charge in [-0.25, -0.2) is 0 Å². The van der Waals surface area contributed by atoms with Crippen LogP contribution in [0.5, 0.6) is 0 Å². The predicted octanol–water partition coefficient (Wildman–Crippen LogP) is 3.15. The molecule has 0 unspecified atom stereocenters. The third-order valence-corrected chi connectivity index (χ3v) is 3.28. The van der Waals surface area contributed by atoms with Crippen molar-refractivity contribution >= 4 is 27.5 Å². The molecular formula is C14H19BrN2O4. The molecule has 1 N–H and O–H groups in total. The van der Waals surface area contributed by atoms with Crippen LogP contribution in [0.3, 0.4) is 0 Å². The van der Waals surface area contributed by atoms with Gasteiger partial charge < -0.3 is 10.1 Å². The highest BCUT2D eigenvalue weighted by atomic mass is 79.9. The van der Waals surface area contributed by atoms with Crippen LogP contribution >= 0.6 is 15.9 Å². The molecule has 0 saturated carbocycles. The molecule has 0 aromatic heterocycles. The molecule has 21 heavy (non-hydrogen) atoms. The molecule has 7 heteroatoms. The molecule has 0 bridgehead atoms. The molecule has 1 amide bonds. The zero-order chi connectivity index (χ0) is 15.8. The first-order valence-corrected chi connectivity index (χ1v) is 7.51. The second-order valence-corrected chi connectivity index (χ2v) is 5.86. The van der Waals surface area contributed by atoms with Crippen molar-refractivity contribution in [3.8, 4) is 0 Å². The molecular weight excluding hydrogens is 340 g/mol. The monoisotopic (exact) mass is 358 g/mol. The number of rotatable bonds is 8. The molecule has 0 heterocycles. The third kappa shape index (κ3) is 6.22. The van der Waals surface area contributed by atoms with Crippen molar-refractivity contribution in [1.82, 2.24) is 5.32 Å². The predicted molar refractivity (Wildman–Crippen MR) is 83.4 cm³/mol. The summed E-state index contributed by atoms with van der Waals surface area (Å²) in [6.45, 7) is 5.90. The summed E-state index contributed by atoms with van der Waals surface area (Å²) in [6.07, 6.45) is 0.705. The molecule has 0 spiro atoms. The van der Waals surface area contributed by atoms with Gasteiger partial charge in [-0.15, -0.1) is 0 Å². The number of carbonyl (C=O) groups is 1. The summed E-state index contributed by atoms with van der Waals surface area (Å²) in [5.41, 5.74) is 0.149. The minimum absolute atomic E-state index is 0.122. The van der Waals surface area contributed by atoms with Crippen LogP contribution < -0.4 is 5.32 Å². The van der Waals surface area contributed by atoms with Crippen LogP contribution in [0.15, 0.2) is 22.7 Å². The first-order valence-electron chi connectivity index (χ1n) is 6.71. The van der Waals surface area contributed by atoms with Crippen molar-refractivity contribution in [1.29, 1.82) is 0 Å². The van der Waals surface area contributed by atoms with E-state index in [0.717, 1.165) is 0 Å². The van der Waals surface area contributed by atoms with Gasteiger partial charge in [-0.05, 0) is 40.4 Å². The molecule has 0 fully saturated rings. The molecule has 0 atom stereocenters. The number of nitrogens with zero attached hydrogens (tertiary/aromatic N) is 1. The second-order valence-electron chi connectivity index (χ2n) is 5.00. The Morgan fingerprint density at radius 1 is 1.48 bits per heavy atom. The number of halogens is 1. The van der Waals surface area contributed by atoms with Gasteiger partial charge in [-0.1, -0.05) is 13.8 Å². The molecule has 1 rings (SSSR count). The van der Waals surface area contributed by atoms with E-state index in [0.29, 0.717) is 36.6 Å². The maximum Gasteiger partial charge on any atom is 0.284 e. The number of amides is 1. The standard InChI is InChI=1S/C14H19BrN2O4/c1-10(2)9-21-7-3-6-16-14(18)11-4-5-12(15)13(8-11)17(19)20/h4-5,8,10H,3,6-7,9H2,1-2H3,(H,16,18). The minimum atomic E-state index is -0.527. The number of nitro groups is 1. The topological polar surface area (TPSA) is 81.5 Å². The van der Waals surface area contributed by atoms with E-state index in [1.165, 1.54) is 12.1 Å². The molecule has 0 radical (unpaired) electrons. The van der Waals surface area contributed by atoms with Gasteiger partial charge in [0.15, 0.2) is 0 Å². The third-order valence-electron chi connectivity index (χ3n) is 2.61. The average Bonchev–Trinajstić information content (AvgIpc) is 2.42. The summed E-state index contributed by atoms with van der Waals surface area (Å²) in [5.74, 6) is 0.164. The van der Waals surface area contributed by atoms with Crippen molar-refractivity contribution in [3.05, 3.63) is 38.3 Å². The Morgan fingerprint density at radius 3 is 2.81 bits per heavy atom. The van der Waals surface area contributed by atoms with Crippen LogP contribution in [-0.4, -0.2) is 30.6 Å². The number of nitro benzene ring substituents is 1. The lowest BCUT2D eigenvalue weighted by molar-refractivity contribution is -0.385. The summed E-state index contributed by atoms with van der Waals surface area (Å²) in [7, 11) is 0. The van der Waals surface area contributed by atoms with Gasteiger partial charge in [0.1, 0.15) is 0 Å². The van der Waals surface area contributed by atoms with Crippen LogP contribution in [-0.2, 0) is 4.74 Å². The number of nitrogens with one attached hydrogen (secondary N) is 1. The Morgan fingerprint density at radius 2 is 2.19 bits per heavy atom. The average molecular weight is 359 g/mol. The van der Waals surface area contributed by atoms with E-state index in [2.05, 4.69) is 35.1 Å². The Labute approximate surface area is 132 Å². The fourth-order valence-electron chi connectivity index (χ4n) is 1.59. The fourth-order valence-corrected chi connectivity index (χ4v) is 1.98. The number of ether oxygens (including phenoxy) is 1. The van der Waals surface area contributed by atoms with E-state index in [-0.39, 0.29) is 17.2 Å². The van der Waals surface area contributed by atoms with Gasteiger partial charge in [0.2, 0.25) is 0 Å². The highest BCUT2D eigenvalue weighted by Crippen LogP contribution is 2.25. The number of hydrogen-bond acceptors (Lipinski definition) is 4. The zero-order valence-electron chi connectivity index (χ0n) is 12.1. The maximum absolute atomic E-state index is 11.9. The number of hydrogen-bond donors (Lipinski definition) is 1. The highest BCUT2D eigenvalue weighted by molar-refractivity contribution is 9.10. The Balaban J connectivity index is 2.42. The Bertz CT molecular complexity index is 506. The molecule has 0 aliphatic rings. The van der Waals surface area contributed by atoms with Gasteiger partial charge >= 0.3 is 0 Å². The summed E-state index contributed by atoms with van der Waals surface area (Å²) in [5, 5.41) is 13.5. The molecule has 6 nitrogen and oxygen atoms in total. The molecule has 116 valence electrons. The van der Waals surface area contributed by atoms with Gasteiger partial charge in [0.25, 0.3) is 11.6 Å². The molecule has 0 aliphatic carbocycles. The van der Waals surface area contributed by atoms with Gasteiger partial charge in [-0.2, -0.15) is 0 Å². The van der Waals surface area contributed by atoms with E-state index in [4.69, 9.17) is 4.74 Å². The largest absolute Gasteiger partial charge is 0.381 e. The van der Waals surface area contributed by atoms with Crippen LogP contribution in [0.1, 0.15) is 30.6 Å². The highest BCUT2D eigenvalue weighted by Gasteiger charge is 2.15. The van der Waals surface area contributed by atoms with Crippen molar-refractivity contribution in [2.45, 2.75) is 20.3 Å². The van der Waals surface area contributed by atoms with E-state index < -0.39 is 4.92 Å². The van der Waals surface area contributed by atoms with E-state index >= 15 is 0 Å². The summed E-state index contributed by atoms with van der Waals surface area (Å²) < 4.78 is 5.75. The molecule has 1 aromatic carbocycles. The van der Waals surface area contributed by atoms with Crippen LogP contribution in [0.4, 0.5) is 5.69 Å². The first-order chi connectivity index (χ1) is 9.91. The fraction of sp³-hybridized carbons (Fsp3) is 0.500. The van der Waals surface area contributed by atoms with Crippen molar-refractivity contribution in [2.75, 3.05) is 19.8 Å². The quantitative estimate of drug-likeness (QED) is 0.439. The van der Waals surface area contributed by atoms with Crippen LogP contribution in [0, 0.1) is 16.0 Å². The van der Waals surface area contributed by atoms with E-state index in [9.17, 15) is 14.9 Å². The van der Waals surface area contributed by atoms with E-state index in [1.54, 1.807) is 6.07 Å². The normalized spacial score (nSPS) is 10.7. The smallest absolute Gasteiger partial charge is 0.284 e. The zero-order valence-corrected chi connectivity index (χ0v) is 13.7. The SMILES string of the molecule is CC(C)COCCCNC(=O)c1ccc(Br)c([N+](=O)[O-])c1. The molecule has 1 aromatic rings. The lowest BCUT2D eigenvalue weighted by atomic mass is 10.2. The number of carbonyl (C=O) groups excluding carboxylic acids is 1.